The van der Waals surface area contributed by atoms with E-state index in [2.05, 4.69) is 20.9 Å². The molecule has 0 bridgehead atoms. The first kappa shape index (κ1) is 11.3. The van der Waals surface area contributed by atoms with Crippen LogP contribution in [0.25, 0.3) is 5.69 Å². The summed E-state index contributed by atoms with van der Waals surface area (Å²) < 4.78 is 16.1. The predicted molar refractivity (Wildman–Crippen MR) is 63.8 cm³/mol. The lowest BCUT2D eigenvalue weighted by atomic mass is 10.2. The molecule has 2 N–H and O–H groups in total. The van der Waals surface area contributed by atoms with Gasteiger partial charge in [0.05, 0.1) is 23.9 Å². The summed E-state index contributed by atoms with van der Waals surface area (Å²) in [4.78, 5) is 3.99. The zero-order valence-corrected chi connectivity index (χ0v) is 10.3. The van der Waals surface area contributed by atoms with Gasteiger partial charge in [0.1, 0.15) is 5.82 Å². The highest BCUT2D eigenvalue weighted by Crippen LogP contribution is 2.21. The smallest absolute Gasteiger partial charge is 0.148 e. The number of hydrogen-bond donors (Lipinski definition) is 1. The number of aromatic nitrogens is 2. The van der Waals surface area contributed by atoms with Crippen LogP contribution in [-0.2, 0) is 0 Å². The molecule has 1 unspecified atom stereocenters. The average molecular weight is 284 g/mol. The molecule has 0 aliphatic carbocycles. The molecule has 1 heterocycles. The Morgan fingerprint density at radius 2 is 2.25 bits per heavy atom. The summed E-state index contributed by atoms with van der Waals surface area (Å²) in [6.07, 6.45) is 3.21. The van der Waals surface area contributed by atoms with E-state index in [0.29, 0.717) is 10.2 Å². The van der Waals surface area contributed by atoms with Crippen LogP contribution < -0.4 is 5.73 Å². The van der Waals surface area contributed by atoms with Gasteiger partial charge in [0, 0.05) is 10.5 Å². The van der Waals surface area contributed by atoms with Gasteiger partial charge >= 0.3 is 0 Å². The van der Waals surface area contributed by atoms with Crippen molar-refractivity contribution in [2.45, 2.75) is 13.0 Å². The molecule has 5 heteroatoms. The first-order valence-electron chi connectivity index (χ1n) is 4.83. The number of benzene rings is 1. The summed E-state index contributed by atoms with van der Waals surface area (Å²) >= 11 is 3.22. The summed E-state index contributed by atoms with van der Waals surface area (Å²) in [7, 11) is 0. The maximum Gasteiger partial charge on any atom is 0.148 e. The lowest BCUT2D eigenvalue weighted by Crippen LogP contribution is -2.11. The molecule has 16 heavy (non-hydrogen) atoms. The molecule has 1 aromatic heterocycles. The molecule has 0 saturated heterocycles. The molecule has 1 aromatic carbocycles. The van der Waals surface area contributed by atoms with Gasteiger partial charge in [-0.1, -0.05) is 15.9 Å². The van der Waals surface area contributed by atoms with Crippen LogP contribution in [0.5, 0.6) is 0 Å². The Morgan fingerprint density at radius 1 is 1.50 bits per heavy atom. The normalized spacial score (nSPS) is 12.8. The first-order chi connectivity index (χ1) is 7.59. The van der Waals surface area contributed by atoms with E-state index in [-0.39, 0.29) is 11.9 Å². The number of nitrogens with two attached hydrogens (primary N) is 1. The summed E-state index contributed by atoms with van der Waals surface area (Å²) in [6.45, 7) is 1.84. The van der Waals surface area contributed by atoms with Crippen LogP contribution in [0.3, 0.4) is 0 Å². The Labute approximate surface area is 101 Å². The van der Waals surface area contributed by atoms with E-state index in [4.69, 9.17) is 5.73 Å². The van der Waals surface area contributed by atoms with E-state index in [1.807, 2.05) is 6.92 Å². The third-order valence-corrected chi connectivity index (χ3v) is 2.80. The Hall–Kier alpha value is -1.20. The molecule has 0 aliphatic rings. The highest BCUT2D eigenvalue weighted by Gasteiger charge is 2.11. The topological polar surface area (TPSA) is 43.8 Å². The Kier molecular flexibility index (Phi) is 3.07. The van der Waals surface area contributed by atoms with Gasteiger partial charge in [-0.05, 0) is 25.1 Å². The molecule has 0 saturated carbocycles. The average Bonchev–Trinajstić information content (AvgIpc) is 2.66. The van der Waals surface area contributed by atoms with Gasteiger partial charge in [-0.25, -0.2) is 9.37 Å². The number of nitrogens with zero attached hydrogens (tertiary/aromatic N) is 2. The van der Waals surface area contributed by atoms with Crippen molar-refractivity contribution in [2.24, 2.45) is 5.73 Å². The fourth-order valence-electron chi connectivity index (χ4n) is 1.52. The summed E-state index contributed by atoms with van der Waals surface area (Å²) in [5.41, 5.74) is 7.01. The number of halogens is 2. The van der Waals surface area contributed by atoms with Crippen LogP contribution in [0, 0.1) is 5.82 Å². The van der Waals surface area contributed by atoms with E-state index in [9.17, 15) is 4.39 Å². The predicted octanol–water partition coefficient (Wildman–Crippen LogP) is 2.79. The molecule has 2 aromatic rings. The second-order valence-corrected chi connectivity index (χ2v) is 4.49. The minimum absolute atomic E-state index is 0.189. The number of rotatable bonds is 2. The molecule has 0 amide bonds. The van der Waals surface area contributed by atoms with Crippen LogP contribution >= 0.6 is 15.9 Å². The van der Waals surface area contributed by atoms with E-state index in [0.717, 1.165) is 5.69 Å². The van der Waals surface area contributed by atoms with Gasteiger partial charge in [0.15, 0.2) is 0 Å². The standard InChI is InChI=1S/C11H11BrFN3/c1-7(14)11-5-15-6-16(11)10-3-2-8(12)4-9(10)13/h2-7H,14H2,1H3. The quantitative estimate of drug-likeness (QED) is 0.921. The van der Waals surface area contributed by atoms with Crippen LogP contribution in [-0.4, -0.2) is 9.55 Å². The minimum atomic E-state index is -0.311. The van der Waals surface area contributed by atoms with Crippen LogP contribution in [0.15, 0.2) is 35.2 Å². The summed E-state index contributed by atoms with van der Waals surface area (Å²) in [6, 6.07) is 4.70. The van der Waals surface area contributed by atoms with E-state index >= 15 is 0 Å². The van der Waals surface area contributed by atoms with Crippen molar-refractivity contribution in [1.82, 2.24) is 9.55 Å². The molecular formula is C11H11BrFN3. The largest absolute Gasteiger partial charge is 0.323 e. The van der Waals surface area contributed by atoms with Crippen molar-refractivity contribution < 1.29 is 4.39 Å². The lowest BCUT2D eigenvalue weighted by molar-refractivity contribution is 0.611. The van der Waals surface area contributed by atoms with Crippen molar-refractivity contribution in [1.29, 1.82) is 0 Å². The van der Waals surface area contributed by atoms with Gasteiger partial charge in [0.2, 0.25) is 0 Å². The fraction of sp³-hybridized carbons (Fsp3) is 0.182. The molecular weight excluding hydrogens is 273 g/mol. The molecule has 0 aliphatic heterocycles. The zero-order chi connectivity index (χ0) is 11.7. The molecule has 0 fully saturated rings. The number of hydrogen-bond acceptors (Lipinski definition) is 2. The number of imidazole rings is 1. The molecule has 0 spiro atoms. The maximum atomic E-state index is 13.7. The van der Waals surface area contributed by atoms with E-state index in [1.165, 1.54) is 6.07 Å². The highest BCUT2D eigenvalue weighted by atomic mass is 79.9. The van der Waals surface area contributed by atoms with Crippen molar-refractivity contribution in [3.8, 4) is 5.69 Å². The van der Waals surface area contributed by atoms with E-state index < -0.39 is 0 Å². The maximum absolute atomic E-state index is 13.7. The SMILES string of the molecule is CC(N)c1cncn1-c1ccc(Br)cc1F. The molecule has 1 atom stereocenters. The first-order valence-corrected chi connectivity index (χ1v) is 5.62. The fourth-order valence-corrected chi connectivity index (χ4v) is 1.85. The highest BCUT2D eigenvalue weighted by molar-refractivity contribution is 9.10. The van der Waals surface area contributed by atoms with Crippen molar-refractivity contribution in [3.05, 3.63) is 46.7 Å². The van der Waals surface area contributed by atoms with Gasteiger partial charge in [-0.15, -0.1) is 0 Å². The molecule has 2 rings (SSSR count). The van der Waals surface area contributed by atoms with Crippen molar-refractivity contribution >= 4 is 15.9 Å². The van der Waals surface area contributed by atoms with Crippen molar-refractivity contribution in [3.63, 3.8) is 0 Å². The Morgan fingerprint density at radius 3 is 2.88 bits per heavy atom. The zero-order valence-electron chi connectivity index (χ0n) is 8.69. The van der Waals surface area contributed by atoms with Gasteiger partial charge in [0.25, 0.3) is 0 Å². The molecule has 84 valence electrons. The Balaban J connectivity index is 2.54. The summed E-state index contributed by atoms with van der Waals surface area (Å²) in [5, 5.41) is 0. The third kappa shape index (κ3) is 2.01. The Bertz CT molecular complexity index is 508. The van der Waals surface area contributed by atoms with Crippen molar-refractivity contribution in [2.75, 3.05) is 0 Å². The second-order valence-electron chi connectivity index (χ2n) is 3.57. The minimum Gasteiger partial charge on any atom is -0.323 e. The third-order valence-electron chi connectivity index (χ3n) is 2.30. The van der Waals surface area contributed by atoms with E-state index in [1.54, 1.807) is 29.2 Å². The van der Waals surface area contributed by atoms with Crippen LogP contribution in [0.4, 0.5) is 4.39 Å². The summed E-state index contributed by atoms with van der Waals surface area (Å²) in [5.74, 6) is -0.311. The van der Waals surface area contributed by atoms with Gasteiger partial charge in [-0.2, -0.15) is 0 Å². The monoisotopic (exact) mass is 283 g/mol. The van der Waals surface area contributed by atoms with Crippen LogP contribution in [0.2, 0.25) is 0 Å². The van der Waals surface area contributed by atoms with Gasteiger partial charge in [-0.3, -0.25) is 4.57 Å². The molecule has 3 nitrogen and oxygen atoms in total. The second kappa shape index (κ2) is 4.35. The lowest BCUT2D eigenvalue weighted by Gasteiger charge is -2.11. The van der Waals surface area contributed by atoms with Gasteiger partial charge < -0.3 is 5.73 Å². The molecule has 0 radical (unpaired) electrons. The van der Waals surface area contributed by atoms with Crippen LogP contribution in [0.1, 0.15) is 18.7 Å².